The van der Waals surface area contributed by atoms with Gasteiger partial charge in [-0.1, -0.05) is 0 Å². The van der Waals surface area contributed by atoms with Crippen molar-refractivity contribution in [2.24, 2.45) is 0 Å². The summed E-state index contributed by atoms with van der Waals surface area (Å²) in [5.74, 6) is 1.25. The van der Waals surface area contributed by atoms with Crippen LogP contribution >= 0.6 is 0 Å². The smallest absolute Gasteiger partial charge is 0.289 e. The summed E-state index contributed by atoms with van der Waals surface area (Å²) in [7, 11) is 0. The molecule has 4 rings (SSSR count). The standard InChI is InChI=1S/C20H20N4O2/c1-14-22-12-17(15-6-8-21-9-7-15)19(23-14)16-4-2-10-24(13-16)20(25)18-5-3-11-26-18/h3,5-9,11-12,16H,2,4,10,13H2,1H3/t16-/m0/s1. The molecule has 132 valence electrons. The summed E-state index contributed by atoms with van der Waals surface area (Å²) in [4.78, 5) is 27.7. The lowest BCUT2D eigenvalue weighted by atomic mass is 9.90. The summed E-state index contributed by atoms with van der Waals surface area (Å²) < 4.78 is 5.28. The number of likely N-dealkylation sites (tertiary alicyclic amines) is 1. The van der Waals surface area contributed by atoms with Crippen molar-refractivity contribution in [3.05, 3.63) is 66.4 Å². The Kier molecular flexibility index (Phi) is 4.48. The zero-order valence-corrected chi connectivity index (χ0v) is 14.6. The molecule has 0 bridgehead atoms. The Morgan fingerprint density at radius 3 is 2.88 bits per heavy atom. The van der Waals surface area contributed by atoms with Gasteiger partial charge in [0.05, 0.1) is 12.0 Å². The highest BCUT2D eigenvalue weighted by Crippen LogP contribution is 2.33. The number of piperidine rings is 1. The van der Waals surface area contributed by atoms with Crippen LogP contribution in [0.5, 0.6) is 0 Å². The van der Waals surface area contributed by atoms with Gasteiger partial charge in [0.2, 0.25) is 0 Å². The van der Waals surface area contributed by atoms with E-state index in [-0.39, 0.29) is 11.8 Å². The van der Waals surface area contributed by atoms with Crippen LogP contribution in [0.2, 0.25) is 0 Å². The van der Waals surface area contributed by atoms with Gasteiger partial charge >= 0.3 is 0 Å². The van der Waals surface area contributed by atoms with Crippen molar-refractivity contribution in [2.45, 2.75) is 25.7 Å². The highest BCUT2D eigenvalue weighted by molar-refractivity contribution is 5.91. The average Bonchev–Trinajstić information content (AvgIpc) is 3.23. The molecule has 1 saturated heterocycles. The molecule has 0 unspecified atom stereocenters. The minimum atomic E-state index is -0.0593. The molecule has 4 heterocycles. The first-order valence-electron chi connectivity index (χ1n) is 8.79. The molecule has 6 heteroatoms. The van der Waals surface area contributed by atoms with Crippen molar-refractivity contribution in [3.8, 4) is 11.1 Å². The van der Waals surface area contributed by atoms with E-state index >= 15 is 0 Å². The van der Waals surface area contributed by atoms with Crippen LogP contribution in [0, 0.1) is 6.92 Å². The molecule has 1 aliphatic rings. The van der Waals surface area contributed by atoms with Crippen LogP contribution in [0.25, 0.3) is 11.1 Å². The number of rotatable bonds is 3. The van der Waals surface area contributed by atoms with Crippen LogP contribution in [0.15, 0.2) is 53.5 Å². The maximum atomic E-state index is 12.7. The Balaban J connectivity index is 1.65. The number of aryl methyl sites for hydroxylation is 1. The fourth-order valence-electron chi connectivity index (χ4n) is 3.49. The Morgan fingerprint density at radius 2 is 2.12 bits per heavy atom. The highest BCUT2D eigenvalue weighted by Gasteiger charge is 2.29. The van der Waals surface area contributed by atoms with E-state index in [0.717, 1.165) is 42.0 Å². The van der Waals surface area contributed by atoms with Crippen LogP contribution in [0.3, 0.4) is 0 Å². The van der Waals surface area contributed by atoms with Crippen LogP contribution in [-0.4, -0.2) is 38.8 Å². The molecular weight excluding hydrogens is 328 g/mol. The summed E-state index contributed by atoms with van der Waals surface area (Å²) in [6, 6.07) is 7.38. The number of carbonyl (C=O) groups is 1. The molecule has 26 heavy (non-hydrogen) atoms. The summed E-state index contributed by atoms with van der Waals surface area (Å²) in [6.45, 7) is 3.27. The van der Waals surface area contributed by atoms with Crippen molar-refractivity contribution in [1.29, 1.82) is 0 Å². The second kappa shape index (κ2) is 7.07. The van der Waals surface area contributed by atoms with E-state index in [2.05, 4.69) is 9.97 Å². The maximum absolute atomic E-state index is 12.7. The van der Waals surface area contributed by atoms with Gasteiger partial charge in [0.25, 0.3) is 5.91 Å². The molecule has 0 spiro atoms. The van der Waals surface area contributed by atoms with Crippen molar-refractivity contribution in [2.75, 3.05) is 13.1 Å². The molecule has 0 aliphatic carbocycles. The SMILES string of the molecule is Cc1ncc(-c2ccncc2)c([C@H]2CCCN(C(=O)c3ccco3)C2)n1. The van der Waals surface area contributed by atoms with E-state index in [4.69, 9.17) is 9.40 Å². The van der Waals surface area contributed by atoms with Gasteiger partial charge in [0.1, 0.15) is 5.82 Å². The minimum absolute atomic E-state index is 0.0593. The highest BCUT2D eigenvalue weighted by atomic mass is 16.3. The van der Waals surface area contributed by atoms with Crippen LogP contribution < -0.4 is 0 Å². The molecule has 0 aromatic carbocycles. The normalized spacial score (nSPS) is 17.3. The predicted molar refractivity (Wildman–Crippen MR) is 96.6 cm³/mol. The molecule has 0 N–H and O–H groups in total. The lowest BCUT2D eigenvalue weighted by Crippen LogP contribution is -2.39. The van der Waals surface area contributed by atoms with Gasteiger partial charge in [0.15, 0.2) is 5.76 Å². The molecule has 0 radical (unpaired) electrons. The van der Waals surface area contributed by atoms with E-state index in [0.29, 0.717) is 12.3 Å². The third kappa shape index (κ3) is 3.22. The Labute approximate surface area is 151 Å². The first-order chi connectivity index (χ1) is 12.7. The third-order valence-electron chi connectivity index (χ3n) is 4.76. The molecule has 3 aromatic rings. The van der Waals surface area contributed by atoms with E-state index in [1.54, 1.807) is 24.5 Å². The summed E-state index contributed by atoms with van der Waals surface area (Å²) >= 11 is 0. The van der Waals surface area contributed by atoms with Gasteiger partial charge < -0.3 is 9.32 Å². The number of carbonyl (C=O) groups excluding carboxylic acids is 1. The van der Waals surface area contributed by atoms with Crippen molar-refractivity contribution in [3.63, 3.8) is 0 Å². The van der Waals surface area contributed by atoms with Gasteiger partial charge in [-0.05, 0) is 49.6 Å². The zero-order valence-electron chi connectivity index (χ0n) is 14.6. The fourth-order valence-corrected chi connectivity index (χ4v) is 3.49. The summed E-state index contributed by atoms with van der Waals surface area (Å²) in [5.41, 5.74) is 3.06. The first kappa shape index (κ1) is 16.4. The Hall–Kier alpha value is -3.02. The lowest BCUT2D eigenvalue weighted by Gasteiger charge is -2.32. The minimum Gasteiger partial charge on any atom is -0.459 e. The monoisotopic (exact) mass is 348 g/mol. The fraction of sp³-hybridized carbons (Fsp3) is 0.300. The summed E-state index contributed by atoms with van der Waals surface area (Å²) in [5, 5.41) is 0. The van der Waals surface area contributed by atoms with Crippen molar-refractivity contribution >= 4 is 5.91 Å². The Bertz CT molecular complexity index is 893. The number of furan rings is 1. The van der Waals surface area contributed by atoms with Crippen molar-refractivity contribution < 1.29 is 9.21 Å². The lowest BCUT2D eigenvalue weighted by molar-refractivity contribution is 0.0674. The Morgan fingerprint density at radius 1 is 1.27 bits per heavy atom. The number of aromatic nitrogens is 3. The van der Waals surface area contributed by atoms with Crippen LogP contribution in [0.4, 0.5) is 0 Å². The van der Waals surface area contributed by atoms with Gasteiger partial charge in [-0.15, -0.1) is 0 Å². The van der Waals surface area contributed by atoms with E-state index in [9.17, 15) is 4.79 Å². The molecule has 1 atom stereocenters. The average molecular weight is 348 g/mol. The van der Waals surface area contributed by atoms with Gasteiger partial charge in [0, 0.05) is 43.2 Å². The molecule has 6 nitrogen and oxygen atoms in total. The molecule has 3 aromatic heterocycles. The van der Waals surface area contributed by atoms with Crippen LogP contribution in [0.1, 0.15) is 40.8 Å². The second-order valence-electron chi connectivity index (χ2n) is 6.52. The first-order valence-corrected chi connectivity index (χ1v) is 8.79. The number of nitrogens with zero attached hydrogens (tertiary/aromatic N) is 4. The van der Waals surface area contributed by atoms with E-state index in [1.807, 2.05) is 30.2 Å². The number of hydrogen-bond donors (Lipinski definition) is 0. The molecule has 0 saturated carbocycles. The van der Waals surface area contributed by atoms with E-state index in [1.165, 1.54) is 6.26 Å². The molecule has 1 amide bonds. The third-order valence-corrected chi connectivity index (χ3v) is 4.76. The van der Waals surface area contributed by atoms with Crippen molar-refractivity contribution in [1.82, 2.24) is 19.9 Å². The van der Waals surface area contributed by atoms with Crippen LogP contribution in [-0.2, 0) is 0 Å². The van der Waals surface area contributed by atoms with Gasteiger partial charge in [-0.3, -0.25) is 9.78 Å². The number of amides is 1. The topological polar surface area (TPSA) is 72.1 Å². The summed E-state index contributed by atoms with van der Waals surface area (Å²) in [6.07, 6.45) is 8.88. The molecule has 1 fully saturated rings. The number of pyridine rings is 1. The van der Waals surface area contributed by atoms with Gasteiger partial charge in [-0.2, -0.15) is 0 Å². The molecular formula is C20H20N4O2. The number of hydrogen-bond acceptors (Lipinski definition) is 5. The maximum Gasteiger partial charge on any atom is 0.289 e. The zero-order chi connectivity index (χ0) is 17.9. The largest absolute Gasteiger partial charge is 0.459 e. The molecule has 1 aliphatic heterocycles. The predicted octanol–water partition coefficient (Wildman–Crippen LogP) is 3.46. The van der Waals surface area contributed by atoms with E-state index < -0.39 is 0 Å². The quantitative estimate of drug-likeness (QED) is 0.725. The second-order valence-corrected chi connectivity index (χ2v) is 6.52. The van der Waals surface area contributed by atoms with Gasteiger partial charge in [-0.25, -0.2) is 9.97 Å².